The Bertz CT molecular complexity index is 405. The molecule has 0 radical (unpaired) electrons. The molecule has 1 aliphatic heterocycles. The van der Waals surface area contributed by atoms with Crippen molar-refractivity contribution in [3.8, 4) is 0 Å². The first-order chi connectivity index (χ1) is 8.76. The minimum atomic E-state index is 0.612. The molecule has 1 nitrogen and oxygen atoms in total. The summed E-state index contributed by atoms with van der Waals surface area (Å²) in [5.74, 6) is 0. The van der Waals surface area contributed by atoms with Crippen LogP contribution in [0, 0.1) is 0 Å². The van der Waals surface area contributed by atoms with E-state index >= 15 is 0 Å². The zero-order chi connectivity index (χ0) is 13.0. The van der Waals surface area contributed by atoms with Gasteiger partial charge in [0, 0.05) is 12.6 Å². The molecule has 0 fully saturated rings. The Morgan fingerprint density at radius 1 is 1.11 bits per heavy atom. The van der Waals surface area contributed by atoms with Crippen LogP contribution in [0.2, 0.25) is 0 Å². The SMILES string of the molecule is CCC1=C(CC)[C@H](Cc2ccccc2)N(C)CC1. The van der Waals surface area contributed by atoms with Gasteiger partial charge >= 0.3 is 0 Å². The van der Waals surface area contributed by atoms with E-state index < -0.39 is 0 Å². The fraction of sp³-hybridized carbons (Fsp3) is 0.529. The molecule has 1 aromatic rings. The van der Waals surface area contributed by atoms with Crippen LogP contribution in [0.4, 0.5) is 0 Å². The number of hydrogen-bond acceptors (Lipinski definition) is 1. The molecule has 1 heteroatoms. The molecule has 0 unspecified atom stereocenters. The van der Waals surface area contributed by atoms with Crippen molar-refractivity contribution >= 4 is 0 Å². The predicted octanol–water partition coefficient (Wildman–Crippen LogP) is 4.05. The Kier molecular flexibility index (Phi) is 4.60. The van der Waals surface area contributed by atoms with E-state index in [0.29, 0.717) is 6.04 Å². The molecule has 0 spiro atoms. The van der Waals surface area contributed by atoms with E-state index in [0.717, 1.165) is 6.42 Å². The maximum absolute atomic E-state index is 2.53. The molecule has 0 saturated heterocycles. The maximum Gasteiger partial charge on any atom is 0.0347 e. The van der Waals surface area contributed by atoms with E-state index in [-0.39, 0.29) is 0 Å². The summed E-state index contributed by atoms with van der Waals surface area (Å²) in [6.07, 6.45) is 4.85. The summed E-state index contributed by atoms with van der Waals surface area (Å²) in [6.45, 7) is 5.82. The first kappa shape index (κ1) is 13.4. The van der Waals surface area contributed by atoms with Crippen molar-refractivity contribution < 1.29 is 0 Å². The van der Waals surface area contributed by atoms with Crippen molar-refractivity contribution in [2.24, 2.45) is 0 Å². The third kappa shape index (κ3) is 2.84. The molecule has 18 heavy (non-hydrogen) atoms. The van der Waals surface area contributed by atoms with Crippen LogP contribution in [0.3, 0.4) is 0 Å². The average Bonchev–Trinajstić information content (AvgIpc) is 2.42. The van der Waals surface area contributed by atoms with Gasteiger partial charge < -0.3 is 0 Å². The van der Waals surface area contributed by atoms with Crippen LogP contribution in [0.15, 0.2) is 41.5 Å². The summed E-state index contributed by atoms with van der Waals surface area (Å²) < 4.78 is 0. The van der Waals surface area contributed by atoms with E-state index in [1.807, 2.05) is 0 Å². The first-order valence-corrected chi connectivity index (χ1v) is 7.21. The molecule has 0 amide bonds. The fourth-order valence-electron chi connectivity index (χ4n) is 3.14. The molecule has 0 bridgehead atoms. The molecular weight excluding hydrogens is 218 g/mol. The summed E-state index contributed by atoms with van der Waals surface area (Å²) in [5.41, 5.74) is 4.85. The molecule has 0 aromatic heterocycles. The van der Waals surface area contributed by atoms with E-state index in [1.165, 1.54) is 31.4 Å². The van der Waals surface area contributed by atoms with Crippen LogP contribution >= 0.6 is 0 Å². The molecule has 2 rings (SSSR count). The highest BCUT2D eigenvalue weighted by molar-refractivity contribution is 5.27. The summed E-state index contributed by atoms with van der Waals surface area (Å²) in [7, 11) is 2.27. The smallest absolute Gasteiger partial charge is 0.0347 e. The van der Waals surface area contributed by atoms with Crippen molar-refractivity contribution in [2.45, 2.75) is 45.6 Å². The number of likely N-dealkylation sites (N-methyl/N-ethyl adjacent to an activating group) is 1. The molecule has 0 saturated carbocycles. The quantitative estimate of drug-likeness (QED) is 0.721. The van der Waals surface area contributed by atoms with Gasteiger partial charge in [-0.25, -0.2) is 0 Å². The summed E-state index contributed by atoms with van der Waals surface area (Å²) in [5, 5.41) is 0. The third-order valence-electron chi connectivity index (χ3n) is 4.23. The van der Waals surface area contributed by atoms with E-state index in [9.17, 15) is 0 Å². The van der Waals surface area contributed by atoms with Crippen LogP contribution in [-0.2, 0) is 6.42 Å². The minimum absolute atomic E-state index is 0.612. The summed E-state index contributed by atoms with van der Waals surface area (Å²) in [4.78, 5) is 2.53. The highest BCUT2D eigenvalue weighted by atomic mass is 15.1. The Balaban J connectivity index is 2.23. The highest BCUT2D eigenvalue weighted by Gasteiger charge is 2.25. The third-order valence-corrected chi connectivity index (χ3v) is 4.23. The Morgan fingerprint density at radius 2 is 1.83 bits per heavy atom. The zero-order valence-electron chi connectivity index (χ0n) is 11.9. The lowest BCUT2D eigenvalue weighted by Crippen LogP contribution is -2.39. The molecule has 1 atom stereocenters. The van der Waals surface area contributed by atoms with Gasteiger partial charge in [-0.15, -0.1) is 0 Å². The van der Waals surface area contributed by atoms with Gasteiger partial charge in [-0.2, -0.15) is 0 Å². The van der Waals surface area contributed by atoms with Gasteiger partial charge in [0.15, 0.2) is 0 Å². The monoisotopic (exact) mass is 243 g/mol. The van der Waals surface area contributed by atoms with Gasteiger partial charge in [-0.3, -0.25) is 4.90 Å². The Morgan fingerprint density at radius 3 is 2.44 bits per heavy atom. The van der Waals surface area contributed by atoms with Crippen LogP contribution in [0.1, 0.15) is 38.7 Å². The molecule has 0 aliphatic carbocycles. The molecule has 98 valence electrons. The Hall–Kier alpha value is -1.08. The van der Waals surface area contributed by atoms with Gasteiger partial charge in [0.2, 0.25) is 0 Å². The zero-order valence-corrected chi connectivity index (χ0v) is 11.9. The summed E-state index contributed by atoms with van der Waals surface area (Å²) >= 11 is 0. The molecule has 1 aliphatic rings. The van der Waals surface area contributed by atoms with Crippen molar-refractivity contribution in [3.05, 3.63) is 47.0 Å². The van der Waals surface area contributed by atoms with E-state index in [4.69, 9.17) is 0 Å². The van der Waals surface area contributed by atoms with Crippen LogP contribution in [0.25, 0.3) is 0 Å². The predicted molar refractivity (Wildman–Crippen MR) is 78.8 cm³/mol. The highest BCUT2D eigenvalue weighted by Crippen LogP contribution is 2.29. The number of hydrogen-bond donors (Lipinski definition) is 0. The molecular formula is C17H25N. The molecule has 1 aromatic carbocycles. The normalized spacial score (nSPS) is 21.4. The molecule has 1 heterocycles. The Labute approximate surface area is 112 Å². The van der Waals surface area contributed by atoms with E-state index in [2.05, 4.69) is 56.1 Å². The topological polar surface area (TPSA) is 3.24 Å². The fourth-order valence-corrected chi connectivity index (χ4v) is 3.14. The lowest BCUT2D eigenvalue weighted by molar-refractivity contribution is 0.250. The average molecular weight is 243 g/mol. The van der Waals surface area contributed by atoms with Gasteiger partial charge in [-0.1, -0.05) is 55.3 Å². The van der Waals surface area contributed by atoms with Crippen molar-refractivity contribution in [2.75, 3.05) is 13.6 Å². The largest absolute Gasteiger partial charge is 0.299 e. The van der Waals surface area contributed by atoms with Crippen molar-refractivity contribution in [3.63, 3.8) is 0 Å². The number of rotatable bonds is 4. The first-order valence-electron chi connectivity index (χ1n) is 7.21. The molecule has 0 N–H and O–H groups in total. The lowest BCUT2D eigenvalue weighted by atomic mass is 9.86. The van der Waals surface area contributed by atoms with Gasteiger partial charge in [-0.05, 0) is 38.3 Å². The lowest BCUT2D eigenvalue weighted by Gasteiger charge is -2.36. The van der Waals surface area contributed by atoms with Gasteiger partial charge in [0.25, 0.3) is 0 Å². The van der Waals surface area contributed by atoms with Crippen LogP contribution in [-0.4, -0.2) is 24.5 Å². The standard InChI is InChI=1S/C17H25N/c1-4-15-11-12-18(3)17(16(15)5-2)13-14-9-7-6-8-10-14/h6-10,17H,4-5,11-13H2,1-3H3/t17-/m0/s1. The van der Waals surface area contributed by atoms with Gasteiger partial charge in [0.05, 0.1) is 0 Å². The second-order valence-corrected chi connectivity index (χ2v) is 5.27. The van der Waals surface area contributed by atoms with E-state index in [1.54, 1.807) is 11.1 Å². The second kappa shape index (κ2) is 6.19. The number of benzene rings is 1. The maximum atomic E-state index is 2.53. The van der Waals surface area contributed by atoms with Crippen molar-refractivity contribution in [1.82, 2.24) is 4.90 Å². The second-order valence-electron chi connectivity index (χ2n) is 5.27. The van der Waals surface area contributed by atoms with Crippen molar-refractivity contribution in [1.29, 1.82) is 0 Å². The number of nitrogens with zero attached hydrogens (tertiary/aromatic N) is 1. The summed E-state index contributed by atoms with van der Waals surface area (Å²) in [6, 6.07) is 11.5. The minimum Gasteiger partial charge on any atom is -0.299 e. The van der Waals surface area contributed by atoms with Gasteiger partial charge in [0.1, 0.15) is 0 Å². The van der Waals surface area contributed by atoms with Crippen LogP contribution < -0.4 is 0 Å². The van der Waals surface area contributed by atoms with Crippen LogP contribution in [0.5, 0.6) is 0 Å².